The van der Waals surface area contributed by atoms with Crippen molar-refractivity contribution in [2.24, 2.45) is 0 Å². The lowest BCUT2D eigenvalue weighted by Gasteiger charge is -2.06. The summed E-state index contributed by atoms with van der Waals surface area (Å²) in [5.41, 5.74) is 0.168. The Labute approximate surface area is 118 Å². The molecule has 0 N–H and O–H groups in total. The summed E-state index contributed by atoms with van der Waals surface area (Å²) in [5.74, 6) is 0.467. The Balaban J connectivity index is 2.14. The highest BCUT2D eigenvalue weighted by atomic mass is 35.5. The van der Waals surface area contributed by atoms with Crippen molar-refractivity contribution >= 4 is 28.9 Å². The van der Waals surface area contributed by atoms with Crippen LogP contribution in [0.1, 0.15) is 5.69 Å². The second-order valence-corrected chi connectivity index (χ2v) is 4.41. The van der Waals surface area contributed by atoms with Crippen LogP contribution in [0, 0.1) is 10.1 Å². The number of aromatic nitrogens is 1. The van der Waals surface area contributed by atoms with Gasteiger partial charge in [-0.25, -0.2) is 0 Å². The van der Waals surface area contributed by atoms with Crippen LogP contribution in [0.5, 0.6) is 5.75 Å². The molecule has 0 spiro atoms. The Hall–Kier alpha value is -1.85. The second kappa shape index (κ2) is 5.86. The van der Waals surface area contributed by atoms with Crippen molar-refractivity contribution in [3.63, 3.8) is 0 Å². The summed E-state index contributed by atoms with van der Waals surface area (Å²) < 4.78 is 5.41. The molecule has 0 aliphatic carbocycles. The molecule has 2 rings (SSSR count). The van der Waals surface area contributed by atoms with E-state index in [1.54, 1.807) is 18.2 Å². The minimum Gasteiger partial charge on any atom is -0.487 e. The molecule has 0 unspecified atom stereocenters. The highest BCUT2D eigenvalue weighted by molar-refractivity contribution is 6.42. The number of nitrogens with zero attached hydrogens (tertiary/aromatic N) is 2. The molecule has 0 atom stereocenters. The van der Waals surface area contributed by atoms with Crippen LogP contribution in [0.4, 0.5) is 5.69 Å². The second-order valence-electron chi connectivity index (χ2n) is 3.59. The largest absolute Gasteiger partial charge is 0.487 e. The molecule has 0 aliphatic rings. The third-order valence-corrected chi connectivity index (χ3v) is 3.07. The maximum Gasteiger partial charge on any atom is 0.294 e. The lowest BCUT2D eigenvalue weighted by Crippen LogP contribution is -2.02. The zero-order valence-electron chi connectivity index (χ0n) is 9.55. The number of halogens is 2. The molecule has 98 valence electrons. The summed E-state index contributed by atoms with van der Waals surface area (Å²) >= 11 is 11.6. The van der Waals surface area contributed by atoms with Crippen molar-refractivity contribution in [1.29, 1.82) is 0 Å². The molecule has 2 aromatic rings. The van der Waals surface area contributed by atoms with Gasteiger partial charge in [0, 0.05) is 18.3 Å². The van der Waals surface area contributed by atoms with Gasteiger partial charge in [-0.2, -0.15) is 0 Å². The fourth-order valence-electron chi connectivity index (χ4n) is 1.43. The standard InChI is InChI=1S/C12H8Cl2N2O3/c13-9-4-3-8(6-10(9)14)19-7-11-12(16(17)18)2-1-5-15-11/h1-6H,7H2. The van der Waals surface area contributed by atoms with Gasteiger partial charge in [0.2, 0.25) is 0 Å². The van der Waals surface area contributed by atoms with Crippen LogP contribution in [0.15, 0.2) is 36.5 Å². The lowest BCUT2D eigenvalue weighted by atomic mass is 10.3. The van der Waals surface area contributed by atoms with E-state index < -0.39 is 4.92 Å². The van der Waals surface area contributed by atoms with Gasteiger partial charge in [0.25, 0.3) is 5.69 Å². The van der Waals surface area contributed by atoms with Crippen molar-refractivity contribution in [2.45, 2.75) is 6.61 Å². The topological polar surface area (TPSA) is 65.3 Å². The Morgan fingerprint density at radius 3 is 2.74 bits per heavy atom. The van der Waals surface area contributed by atoms with Crippen LogP contribution in [0.25, 0.3) is 0 Å². The van der Waals surface area contributed by atoms with Gasteiger partial charge in [0.15, 0.2) is 5.69 Å². The molecule has 1 aromatic carbocycles. The number of rotatable bonds is 4. The summed E-state index contributed by atoms with van der Waals surface area (Å²) in [6, 6.07) is 7.63. The van der Waals surface area contributed by atoms with E-state index in [1.165, 1.54) is 18.3 Å². The molecule has 1 heterocycles. The van der Waals surface area contributed by atoms with E-state index in [0.717, 1.165) is 0 Å². The Kier molecular flexibility index (Phi) is 4.19. The highest BCUT2D eigenvalue weighted by Crippen LogP contribution is 2.27. The Morgan fingerprint density at radius 1 is 1.26 bits per heavy atom. The minimum absolute atomic E-state index is 0.0187. The van der Waals surface area contributed by atoms with Crippen LogP contribution in [-0.4, -0.2) is 9.91 Å². The molecule has 1 aromatic heterocycles. The molecule has 0 saturated carbocycles. The van der Waals surface area contributed by atoms with Crippen LogP contribution in [-0.2, 0) is 6.61 Å². The molecule has 0 radical (unpaired) electrons. The van der Waals surface area contributed by atoms with Crippen molar-refractivity contribution < 1.29 is 9.66 Å². The Bertz CT molecular complexity index is 620. The van der Waals surface area contributed by atoms with Gasteiger partial charge >= 0.3 is 0 Å². The number of pyridine rings is 1. The smallest absolute Gasteiger partial charge is 0.294 e. The van der Waals surface area contributed by atoms with Crippen molar-refractivity contribution in [2.75, 3.05) is 0 Å². The normalized spacial score (nSPS) is 10.2. The van der Waals surface area contributed by atoms with Gasteiger partial charge in [0.1, 0.15) is 12.4 Å². The first-order valence-electron chi connectivity index (χ1n) is 5.24. The number of ether oxygens (including phenoxy) is 1. The fourth-order valence-corrected chi connectivity index (χ4v) is 1.71. The molecular weight excluding hydrogens is 291 g/mol. The summed E-state index contributed by atoms with van der Waals surface area (Å²) in [7, 11) is 0. The molecule has 0 amide bonds. The van der Waals surface area contributed by atoms with Gasteiger partial charge in [-0.3, -0.25) is 15.1 Å². The van der Waals surface area contributed by atoms with Gasteiger partial charge in [-0.05, 0) is 18.2 Å². The van der Waals surface area contributed by atoms with E-state index in [1.807, 2.05) is 0 Å². The predicted octanol–water partition coefficient (Wildman–Crippen LogP) is 3.88. The van der Waals surface area contributed by atoms with E-state index in [9.17, 15) is 10.1 Å². The maximum atomic E-state index is 10.8. The third kappa shape index (κ3) is 3.33. The number of hydrogen-bond donors (Lipinski definition) is 0. The summed E-state index contributed by atoms with van der Waals surface area (Å²) in [4.78, 5) is 14.2. The van der Waals surface area contributed by atoms with Crippen molar-refractivity contribution in [3.8, 4) is 5.75 Å². The lowest BCUT2D eigenvalue weighted by molar-refractivity contribution is -0.386. The van der Waals surface area contributed by atoms with Crippen molar-refractivity contribution in [3.05, 3.63) is 62.4 Å². The van der Waals surface area contributed by atoms with Gasteiger partial charge in [-0.15, -0.1) is 0 Å². The quantitative estimate of drug-likeness (QED) is 0.635. The van der Waals surface area contributed by atoms with Gasteiger partial charge < -0.3 is 4.74 Å². The monoisotopic (exact) mass is 298 g/mol. The maximum absolute atomic E-state index is 10.8. The van der Waals surface area contributed by atoms with E-state index in [4.69, 9.17) is 27.9 Å². The average molecular weight is 299 g/mol. The molecular formula is C12H8Cl2N2O3. The summed E-state index contributed by atoms with van der Waals surface area (Å²) in [6.07, 6.45) is 1.47. The number of benzene rings is 1. The molecule has 0 aliphatic heterocycles. The molecule has 7 heteroatoms. The zero-order chi connectivity index (χ0) is 13.8. The number of nitro groups is 1. The predicted molar refractivity (Wildman–Crippen MR) is 71.7 cm³/mol. The molecule has 5 nitrogen and oxygen atoms in total. The minimum atomic E-state index is -0.499. The average Bonchev–Trinajstić information content (AvgIpc) is 2.40. The van der Waals surface area contributed by atoms with Crippen LogP contribution < -0.4 is 4.74 Å². The first kappa shape index (κ1) is 13.6. The summed E-state index contributed by atoms with van der Waals surface area (Å²) in [6.45, 7) is -0.0187. The zero-order valence-corrected chi connectivity index (χ0v) is 11.1. The first-order chi connectivity index (χ1) is 9.08. The first-order valence-corrected chi connectivity index (χ1v) is 5.99. The van der Waals surface area contributed by atoms with E-state index >= 15 is 0 Å². The van der Waals surface area contributed by atoms with Gasteiger partial charge in [-0.1, -0.05) is 23.2 Å². The fraction of sp³-hybridized carbons (Fsp3) is 0.0833. The van der Waals surface area contributed by atoms with Gasteiger partial charge in [0.05, 0.1) is 15.0 Å². The molecule has 0 fully saturated rings. The Morgan fingerprint density at radius 2 is 2.05 bits per heavy atom. The van der Waals surface area contributed by atoms with E-state index in [-0.39, 0.29) is 18.0 Å². The number of hydrogen-bond acceptors (Lipinski definition) is 4. The van der Waals surface area contributed by atoms with E-state index in [2.05, 4.69) is 4.98 Å². The van der Waals surface area contributed by atoms with Crippen molar-refractivity contribution in [1.82, 2.24) is 4.98 Å². The molecule has 0 bridgehead atoms. The molecule has 0 saturated heterocycles. The SMILES string of the molecule is O=[N+]([O-])c1cccnc1COc1ccc(Cl)c(Cl)c1. The summed E-state index contributed by atoms with van der Waals surface area (Å²) in [5, 5.41) is 11.6. The van der Waals surface area contributed by atoms with Crippen LogP contribution in [0.3, 0.4) is 0 Å². The highest BCUT2D eigenvalue weighted by Gasteiger charge is 2.14. The van der Waals surface area contributed by atoms with Crippen LogP contribution >= 0.6 is 23.2 Å². The third-order valence-electron chi connectivity index (χ3n) is 2.33. The van der Waals surface area contributed by atoms with Crippen LogP contribution in [0.2, 0.25) is 10.0 Å². The molecule has 19 heavy (non-hydrogen) atoms. The van der Waals surface area contributed by atoms with E-state index in [0.29, 0.717) is 15.8 Å².